The SMILES string of the molecule is Cc1nc2c([nH]1)CN(C(=O)CC[C@@H](COC(=O)Nc1cc3ccccc3cn1)NC(=O)CNCc1cccc(F)c1Cl)CC2. The quantitative estimate of drug-likeness (QED) is 0.196. The molecule has 0 saturated heterocycles. The molecule has 1 aliphatic rings. The highest BCUT2D eigenvalue weighted by Gasteiger charge is 2.24. The minimum atomic E-state index is -0.740. The van der Waals surface area contributed by atoms with Gasteiger partial charge in [0.15, 0.2) is 0 Å². The number of hydrogen-bond donors (Lipinski definition) is 4. The number of nitrogens with one attached hydrogen (secondary N) is 4. The van der Waals surface area contributed by atoms with E-state index < -0.39 is 18.0 Å². The predicted octanol–water partition coefficient (Wildman–Crippen LogP) is 4.25. The van der Waals surface area contributed by atoms with Crippen LogP contribution in [-0.2, 0) is 33.8 Å². The standard InChI is InChI=1S/C31H33ClFN7O4/c1-19-36-25-11-12-40(17-26(25)37-19)29(42)10-9-23(38-28(41)16-34-14-22-7-4-8-24(33)30(22)32)18-44-31(43)39-27-13-20-5-2-3-6-21(20)15-35-27/h2-8,13,15,23,34H,9-12,14,16-18H2,1H3,(H,36,37)(H,38,41)(H,35,39,43)/t23-/m0/s1. The number of amides is 3. The molecular weight excluding hydrogens is 589 g/mol. The summed E-state index contributed by atoms with van der Waals surface area (Å²) in [6.07, 6.45) is 1.95. The summed E-state index contributed by atoms with van der Waals surface area (Å²) >= 11 is 6.00. The van der Waals surface area contributed by atoms with Gasteiger partial charge in [0, 0.05) is 37.5 Å². The topological polar surface area (TPSA) is 141 Å². The number of aromatic amines is 1. The number of H-pyrrole nitrogens is 1. The van der Waals surface area contributed by atoms with Crippen molar-refractivity contribution in [2.75, 3.05) is 25.0 Å². The Morgan fingerprint density at radius 1 is 1.16 bits per heavy atom. The average Bonchev–Trinajstić information content (AvgIpc) is 3.39. The second-order valence-electron chi connectivity index (χ2n) is 10.6. The Morgan fingerprint density at radius 3 is 2.82 bits per heavy atom. The predicted molar refractivity (Wildman–Crippen MR) is 163 cm³/mol. The number of halogens is 2. The molecule has 1 atom stereocenters. The Morgan fingerprint density at radius 2 is 1.98 bits per heavy atom. The summed E-state index contributed by atoms with van der Waals surface area (Å²) in [6.45, 7) is 2.78. The van der Waals surface area contributed by atoms with E-state index in [4.69, 9.17) is 16.3 Å². The van der Waals surface area contributed by atoms with Crippen LogP contribution in [0.15, 0.2) is 54.7 Å². The molecule has 44 heavy (non-hydrogen) atoms. The average molecular weight is 622 g/mol. The first-order valence-electron chi connectivity index (χ1n) is 14.3. The summed E-state index contributed by atoms with van der Waals surface area (Å²) in [7, 11) is 0. The van der Waals surface area contributed by atoms with Gasteiger partial charge in [0.2, 0.25) is 11.8 Å². The molecule has 2 aromatic carbocycles. The molecule has 3 heterocycles. The van der Waals surface area contributed by atoms with Crippen LogP contribution in [0, 0.1) is 12.7 Å². The first-order valence-corrected chi connectivity index (χ1v) is 14.7. The third kappa shape index (κ3) is 8.08. The lowest BCUT2D eigenvalue weighted by atomic mass is 10.1. The van der Waals surface area contributed by atoms with E-state index in [0.717, 1.165) is 28.0 Å². The van der Waals surface area contributed by atoms with E-state index in [1.165, 1.54) is 12.1 Å². The fraction of sp³-hybridized carbons (Fsp3) is 0.323. The first kappa shape index (κ1) is 30.9. The van der Waals surface area contributed by atoms with E-state index in [2.05, 4.69) is 30.9 Å². The first-order chi connectivity index (χ1) is 21.2. The highest BCUT2D eigenvalue weighted by molar-refractivity contribution is 6.31. The summed E-state index contributed by atoms with van der Waals surface area (Å²) in [5.41, 5.74) is 2.42. The zero-order valence-corrected chi connectivity index (χ0v) is 24.9. The number of aromatic nitrogens is 3. The fourth-order valence-electron chi connectivity index (χ4n) is 5.05. The molecule has 2 aromatic heterocycles. The maximum Gasteiger partial charge on any atom is 0.412 e. The van der Waals surface area contributed by atoms with E-state index in [0.29, 0.717) is 30.9 Å². The summed E-state index contributed by atoms with van der Waals surface area (Å²) in [5.74, 6) is 0.136. The van der Waals surface area contributed by atoms with Gasteiger partial charge in [-0.25, -0.2) is 19.2 Å². The third-order valence-corrected chi connectivity index (χ3v) is 7.71. The maximum absolute atomic E-state index is 13.7. The highest BCUT2D eigenvalue weighted by atomic mass is 35.5. The number of pyridine rings is 1. The minimum absolute atomic E-state index is 0.00719. The normalized spacial score (nSPS) is 13.3. The number of carbonyl (C=O) groups is 3. The zero-order valence-electron chi connectivity index (χ0n) is 24.2. The Bertz CT molecular complexity index is 1660. The lowest BCUT2D eigenvalue weighted by Crippen LogP contribution is -2.44. The molecule has 0 unspecified atom stereocenters. The van der Waals surface area contributed by atoms with Gasteiger partial charge in [-0.15, -0.1) is 0 Å². The number of nitrogens with zero attached hydrogens (tertiary/aromatic N) is 3. The second kappa shape index (κ2) is 14.3. The van der Waals surface area contributed by atoms with E-state index in [1.54, 1.807) is 23.2 Å². The van der Waals surface area contributed by atoms with Crippen molar-refractivity contribution >= 4 is 46.1 Å². The molecule has 230 valence electrons. The van der Waals surface area contributed by atoms with Gasteiger partial charge in [-0.05, 0) is 36.4 Å². The molecule has 11 nitrogen and oxygen atoms in total. The van der Waals surface area contributed by atoms with Crippen molar-refractivity contribution in [3.05, 3.63) is 88.3 Å². The van der Waals surface area contributed by atoms with Gasteiger partial charge in [0.05, 0.1) is 35.5 Å². The molecule has 0 aliphatic carbocycles. The number of imidazole rings is 1. The van der Waals surface area contributed by atoms with Crippen molar-refractivity contribution in [1.82, 2.24) is 30.5 Å². The van der Waals surface area contributed by atoms with Crippen molar-refractivity contribution in [2.45, 2.75) is 45.3 Å². The van der Waals surface area contributed by atoms with Crippen LogP contribution in [0.3, 0.4) is 0 Å². The smallest absolute Gasteiger partial charge is 0.412 e. The summed E-state index contributed by atoms with van der Waals surface area (Å²) in [4.78, 5) is 52.1. The number of carbonyl (C=O) groups excluding carboxylic acids is 3. The van der Waals surface area contributed by atoms with Crippen molar-refractivity contribution in [3.8, 4) is 0 Å². The molecular formula is C31H33ClFN7O4. The van der Waals surface area contributed by atoms with Crippen LogP contribution >= 0.6 is 11.6 Å². The van der Waals surface area contributed by atoms with Gasteiger partial charge >= 0.3 is 6.09 Å². The summed E-state index contributed by atoms with van der Waals surface area (Å²) in [5, 5.41) is 10.2. The van der Waals surface area contributed by atoms with E-state index in [9.17, 15) is 18.8 Å². The number of anilines is 1. The summed E-state index contributed by atoms with van der Waals surface area (Å²) in [6, 6.07) is 13.2. The van der Waals surface area contributed by atoms with Crippen LogP contribution in [0.25, 0.3) is 10.8 Å². The van der Waals surface area contributed by atoms with Crippen molar-refractivity contribution in [3.63, 3.8) is 0 Å². The molecule has 0 bridgehead atoms. The molecule has 0 spiro atoms. The largest absolute Gasteiger partial charge is 0.447 e. The Hall–Kier alpha value is -4.55. The number of benzene rings is 2. The highest BCUT2D eigenvalue weighted by Crippen LogP contribution is 2.20. The lowest BCUT2D eigenvalue weighted by Gasteiger charge is -2.27. The van der Waals surface area contributed by atoms with Crippen LogP contribution < -0.4 is 16.0 Å². The molecule has 4 aromatic rings. The molecule has 4 N–H and O–H groups in total. The monoisotopic (exact) mass is 621 g/mol. The van der Waals surface area contributed by atoms with Crippen LogP contribution in [0.2, 0.25) is 5.02 Å². The molecule has 5 rings (SSSR count). The van der Waals surface area contributed by atoms with Gasteiger partial charge in [0.25, 0.3) is 0 Å². The molecule has 0 radical (unpaired) electrons. The number of aryl methyl sites for hydroxylation is 1. The van der Waals surface area contributed by atoms with E-state index in [-0.39, 0.29) is 49.4 Å². The molecule has 1 aliphatic heterocycles. The van der Waals surface area contributed by atoms with Crippen LogP contribution in [0.1, 0.15) is 35.6 Å². The van der Waals surface area contributed by atoms with Crippen molar-refractivity contribution < 1.29 is 23.5 Å². The van der Waals surface area contributed by atoms with E-state index in [1.807, 2.05) is 31.2 Å². The number of fused-ring (bicyclic) bond motifs is 2. The molecule has 13 heteroatoms. The molecule has 0 fully saturated rings. The minimum Gasteiger partial charge on any atom is -0.447 e. The molecule has 0 saturated carbocycles. The van der Waals surface area contributed by atoms with Crippen LogP contribution in [0.4, 0.5) is 15.0 Å². The number of ether oxygens (including phenoxy) is 1. The number of rotatable bonds is 11. The summed E-state index contributed by atoms with van der Waals surface area (Å²) < 4.78 is 19.2. The Kier molecular flexibility index (Phi) is 10.0. The van der Waals surface area contributed by atoms with Gasteiger partial charge < -0.3 is 25.3 Å². The van der Waals surface area contributed by atoms with Gasteiger partial charge in [-0.2, -0.15) is 0 Å². The van der Waals surface area contributed by atoms with Gasteiger partial charge in [-0.1, -0.05) is 48.0 Å². The van der Waals surface area contributed by atoms with Crippen molar-refractivity contribution in [1.29, 1.82) is 0 Å². The lowest BCUT2D eigenvalue weighted by molar-refractivity contribution is -0.132. The Labute approximate surface area is 258 Å². The molecule has 3 amide bonds. The second-order valence-corrected chi connectivity index (χ2v) is 11.0. The van der Waals surface area contributed by atoms with Crippen molar-refractivity contribution in [2.24, 2.45) is 0 Å². The maximum atomic E-state index is 13.7. The van der Waals surface area contributed by atoms with Crippen LogP contribution in [-0.4, -0.2) is 63.5 Å². The van der Waals surface area contributed by atoms with Gasteiger partial charge in [-0.3, -0.25) is 14.9 Å². The van der Waals surface area contributed by atoms with E-state index >= 15 is 0 Å². The Balaban J connectivity index is 1.16. The number of hydrogen-bond acceptors (Lipinski definition) is 7. The van der Waals surface area contributed by atoms with Crippen LogP contribution in [0.5, 0.6) is 0 Å². The zero-order chi connectivity index (χ0) is 31.1. The fourth-order valence-corrected chi connectivity index (χ4v) is 5.24. The van der Waals surface area contributed by atoms with Gasteiger partial charge in [0.1, 0.15) is 24.1 Å². The third-order valence-electron chi connectivity index (χ3n) is 7.28.